The molecule has 16 heavy (non-hydrogen) atoms. The van der Waals surface area contributed by atoms with Crippen LogP contribution in [0.25, 0.3) is 11.4 Å². The highest BCUT2D eigenvalue weighted by atomic mass is 79.9. The van der Waals surface area contributed by atoms with Gasteiger partial charge >= 0.3 is 0 Å². The van der Waals surface area contributed by atoms with E-state index in [9.17, 15) is 4.39 Å². The SMILES string of the molecule is Cn1c(CBr)nnc1-c1ccc(F)cc1Cl. The lowest BCUT2D eigenvalue weighted by Gasteiger charge is -2.04. The van der Waals surface area contributed by atoms with Crippen LogP contribution in [0.4, 0.5) is 4.39 Å². The van der Waals surface area contributed by atoms with Gasteiger partial charge in [-0.2, -0.15) is 0 Å². The lowest BCUT2D eigenvalue weighted by atomic mass is 10.2. The Bertz CT molecular complexity index is 527. The minimum Gasteiger partial charge on any atom is -0.313 e. The van der Waals surface area contributed by atoms with Crippen molar-refractivity contribution >= 4 is 27.5 Å². The van der Waals surface area contributed by atoms with E-state index in [0.717, 1.165) is 5.82 Å². The Balaban J connectivity index is 2.54. The molecule has 0 N–H and O–H groups in total. The molecule has 1 aromatic heterocycles. The first-order valence-electron chi connectivity index (χ1n) is 4.53. The first kappa shape index (κ1) is 11.5. The second-order valence-corrected chi connectivity index (χ2v) is 4.22. The molecule has 84 valence electrons. The van der Waals surface area contributed by atoms with E-state index in [0.29, 0.717) is 21.7 Å². The molecule has 0 saturated heterocycles. The summed E-state index contributed by atoms with van der Waals surface area (Å²) in [7, 11) is 1.84. The maximum absolute atomic E-state index is 12.9. The van der Waals surface area contributed by atoms with Gasteiger partial charge in [0.15, 0.2) is 5.82 Å². The molecule has 0 radical (unpaired) electrons. The van der Waals surface area contributed by atoms with Crippen LogP contribution in [-0.2, 0) is 12.4 Å². The van der Waals surface area contributed by atoms with Gasteiger partial charge in [0.1, 0.15) is 11.6 Å². The highest BCUT2D eigenvalue weighted by Gasteiger charge is 2.13. The molecule has 0 unspecified atom stereocenters. The number of aromatic nitrogens is 3. The minimum atomic E-state index is -0.364. The molecule has 6 heteroatoms. The summed E-state index contributed by atoms with van der Waals surface area (Å²) in [4.78, 5) is 0. The Kier molecular flexibility index (Phi) is 3.25. The van der Waals surface area contributed by atoms with Crippen LogP contribution in [0.5, 0.6) is 0 Å². The van der Waals surface area contributed by atoms with Crippen molar-refractivity contribution in [2.75, 3.05) is 0 Å². The molecule has 0 saturated carbocycles. The molecule has 1 heterocycles. The van der Waals surface area contributed by atoms with Crippen molar-refractivity contribution in [1.82, 2.24) is 14.8 Å². The van der Waals surface area contributed by atoms with Crippen LogP contribution < -0.4 is 0 Å². The van der Waals surface area contributed by atoms with Gasteiger partial charge in [-0.05, 0) is 18.2 Å². The van der Waals surface area contributed by atoms with Crippen molar-refractivity contribution in [3.63, 3.8) is 0 Å². The molecule has 0 aliphatic carbocycles. The van der Waals surface area contributed by atoms with Crippen LogP contribution in [0, 0.1) is 5.82 Å². The van der Waals surface area contributed by atoms with Gasteiger partial charge in [0.25, 0.3) is 0 Å². The summed E-state index contributed by atoms with van der Waals surface area (Å²) in [5.74, 6) is 1.05. The minimum absolute atomic E-state index is 0.330. The summed E-state index contributed by atoms with van der Waals surface area (Å²) in [6, 6.07) is 4.21. The summed E-state index contributed by atoms with van der Waals surface area (Å²) in [6.45, 7) is 0. The van der Waals surface area contributed by atoms with Gasteiger partial charge in [0, 0.05) is 12.6 Å². The van der Waals surface area contributed by atoms with E-state index in [-0.39, 0.29) is 5.82 Å². The number of halogens is 3. The zero-order chi connectivity index (χ0) is 11.7. The van der Waals surface area contributed by atoms with Gasteiger partial charge in [-0.25, -0.2) is 4.39 Å². The monoisotopic (exact) mass is 303 g/mol. The third-order valence-electron chi connectivity index (χ3n) is 2.26. The zero-order valence-electron chi connectivity index (χ0n) is 8.41. The van der Waals surface area contributed by atoms with E-state index in [2.05, 4.69) is 26.1 Å². The Morgan fingerprint density at radius 2 is 2.19 bits per heavy atom. The fourth-order valence-electron chi connectivity index (χ4n) is 1.38. The Morgan fingerprint density at radius 3 is 2.75 bits per heavy atom. The van der Waals surface area contributed by atoms with Crippen molar-refractivity contribution in [3.05, 3.63) is 34.9 Å². The number of rotatable bonds is 2. The molecule has 0 spiro atoms. The summed E-state index contributed by atoms with van der Waals surface area (Å²) < 4.78 is 14.7. The molecule has 0 aliphatic heterocycles. The van der Waals surface area contributed by atoms with E-state index >= 15 is 0 Å². The quantitative estimate of drug-likeness (QED) is 0.798. The molecule has 2 aromatic rings. The topological polar surface area (TPSA) is 30.7 Å². The predicted octanol–water partition coefficient (Wildman–Crippen LogP) is 3.17. The maximum atomic E-state index is 12.9. The molecule has 0 aliphatic rings. The average molecular weight is 305 g/mol. The molecule has 1 aromatic carbocycles. The highest BCUT2D eigenvalue weighted by molar-refractivity contribution is 9.08. The Hall–Kier alpha value is -0.940. The third-order valence-corrected chi connectivity index (χ3v) is 3.07. The van der Waals surface area contributed by atoms with Gasteiger partial charge in [-0.3, -0.25) is 0 Å². The van der Waals surface area contributed by atoms with E-state index in [1.807, 2.05) is 11.6 Å². The van der Waals surface area contributed by atoms with E-state index < -0.39 is 0 Å². The number of benzene rings is 1. The van der Waals surface area contributed by atoms with Crippen LogP contribution in [0.2, 0.25) is 5.02 Å². The summed E-state index contributed by atoms with van der Waals surface area (Å²) in [5, 5.41) is 8.95. The van der Waals surface area contributed by atoms with Gasteiger partial charge in [-0.15, -0.1) is 10.2 Å². The molecular formula is C10H8BrClFN3. The standard InChI is InChI=1S/C10H8BrClFN3/c1-16-9(5-11)14-15-10(16)7-3-2-6(13)4-8(7)12/h2-4H,5H2,1H3. The number of alkyl halides is 1. The number of nitrogens with zero attached hydrogens (tertiary/aromatic N) is 3. The summed E-state index contributed by atoms with van der Waals surface area (Å²) in [6.07, 6.45) is 0. The van der Waals surface area contributed by atoms with E-state index in [1.165, 1.54) is 12.1 Å². The van der Waals surface area contributed by atoms with Crippen molar-refractivity contribution in [2.24, 2.45) is 7.05 Å². The van der Waals surface area contributed by atoms with E-state index in [1.54, 1.807) is 6.07 Å². The number of hydrogen-bond donors (Lipinski definition) is 0. The highest BCUT2D eigenvalue weighted by Crippen LogP contribution is 2.27. The lowest BCUT2D eigenvalue weighted by molar-refractivity contribution is 0.628. The van der Waals surface area contributed by atoms with Crippen molar-refractivity contribution < 1.29 is 4.39 Å². The lowest BCUT2D eigenvalue weighted by Crippen LogP contribution is -1.97. The predicted molar refractivity (Wildman–Crippen MR) is 64.0 cm³/mol. The normalized spacial score (nSPS) is 10.8. The van der Waals surface area contributed by atoms with Crippen molar-refractivity contribution in [2.45, 2.75) is 5.33 Å². The van der Waals surface area contributed by atoms with Crippen LogP contribution in [0.1, 0.15) is 5.82 Å². The molecule has 0 atom stereocenters. The fourth-order valence-corrected chi connectivity index (χ4v) is 2.12. The molecular weight excluding hydrogens is 296 g/mol. The largest absolute Gasteiger partial charge is 0.313 e. The summed E-state index contributed by atoms with van der Waals surface area (Å²) >= 11 is 9.26. The van der Waals surface area contributed by atoms with Crippen molar-refractivity contribution in [1.29, 1.82) is 0 Å². The first-order chi connectivity index (χ1) is 7.63. The van der Waals surface area contributed by atoms with E-state index in [4.69, 9.17) is 11.6 Å². The van der Waals surface area contributed by atoms with Crippen LogP contribution >= 0.6 is 27.5 Å². The van der Waals surface area contributed by atoms with Gasteiger partial charge in [0.05, 0.1) is 10.4 Å². The van der Waals surface area contributed by atoms with Gasteiger partial charge < -0.3 is 4.57 Å². The molecule has 0 fully saturated rings. The molecule has 0 bridgehead atoms. The number of hydrogen-bond acceptors (Lipinski definition) is 2. The zero-order valence-corrected chi connectivity index (χ0v) is 10.8. The molecule has 3 nitrogen and oxygen atoms in total. The second-order valence-electron chi connectivity index (χ2n) is 3.26. The molecule has 2 rings (SSSR count). The van der Waals surface area contributed by atoms with Crippen LogP contribution in [0.3, 0.4) is 0 Å². The fraction of sp³-hybridized carbons (Fsp3) is 0.200. The third kappa shape index (κ3) is 1.97. The van der Waals surface area contributed by atoms with Gasteiger partial charge in [-0.1, -0.05) is 27.5 Å². The van der Waals surface area contributed by atoms with Crippen molar-refractivity contribution in [3.8, 4) is 11.4 Å². The smallest absolute Gasteiger partial charge is 0.165 e. The Morgan fingerprint density at radius 1 is 1.44 bits per heavy atom. The second kappa shape index (κ2) is 4.51. The van der Waals surface area contributed by atoms with Gasteiger partial charge in [0.2, 0.25) is 0 Å². The van der Waals surface area contributed by atoms with Crippen LogP contribution in [0.15, 0.2) is 18.2 Å². The Labute approximate surface area is 105 Å². The van der Waals surface area contributed by atoms with Crippen LogP contribution in [-0.4, -0.2) is 14.8 Å². The first-order valence-corrected chi connectivity index (χ1v) is 6.03. The molecule has 0 amide bonds. The summed E-state index contributed by atoms with van der Waals surface area (Å²) in [5.41, 5.74) is 0.672. The average Bonchev–Trinajstić information content (AvgIpc) is 2.60. The maximum Gasteiger partial charge on any atom is 0.165 e.